The Balaban J connectivity index is 1.62. The maximum absolute atomic E-state index is 11.6. The van der Waals surface area contributed by atoms with E-state index >= 15 is 0 Å². The second-order valence-corrected chi connectivity index (χ2v) is 6.11. The third kappa shape index (κ3) is 4.82. The fraction of sp³-hybridized carbons (Fsp3) is 0.538. The zero-order valence-electron chi connectivity index (χ0n) is 12.2. The number of aryl methyl sites for hydroxylation is 4. The van der Waals surface area contributed by atoms with Gasteiger partial charge in [0.25, 0.3) is 0 Å². The molecule has 8 heteroatoms. The molecule has 0 aliphatic rings. The Morgan fingerprint density at radius 2 is 2.14 bits per heavy atom. The molecule has 0 radical (unpaired) electrons. The molecule has 2 rings (SSSR count). The Morgan fingerprint density at radius 3 is 2.76 bits per heavy atom. The van der Waals surface area contributed by atoms with Gasteiger partial charge in [0, 0.05) is 30.7 Å². The zero-order valence-corrected chi connectivity index (χ0v) is 13.0. The highest BCUT2D eigenvalue weighted by Gasteiger charge is 2.06. The van der Waals surface area contributed by atoms with Crippen LogP contribution in [0.25, 0.3) is 0 Å². The van der Waals surface area contributed by atoms with Crippen molar-refractivity contribution in [3.05, 3.63) is 31.9 Å². The lowest BCUT2D eigenvalue weighted by atomic mass is 10.2. The number of aromatic amines is 2. The van der Waals surface area contributed by atoms with Gasteiger partial charge in [-0.15, -0.1) is 11.3 Å². The summed E-state index contributed by atoms with van der Waals surface area (Å²) in [6.07, 6.45) is 2.50. The number of carbonyl (C=O) groups is 1. The number of aromatic nitrogens is 4. The average molecular weight is 309 g/mol. The molecular weight excluding hydrogens is 290 g/mol. The second-order valence-electron chi connectivity index (χ2n) is 4.83. The number of amides is 1. The van der Waals surface area contributed by atoms with Gasteiger partial charge in [0.05, 0.1) is 10.7 Å². The zero-order chi connectivity index (χ0) is 15.2. The summed E-state index contributed by atoms with van der Waals surface area (Å²) in [6.45, 7) is 4.71. The van der Waals surface area contributed by atoms with Crippen molar-refractivity contribution in [3.8, 4) is 0 Å². The van der Waals surface area contributed by atoms with Crippen LogP contribution in [-0.4, -0.2) is 32.6 Å². The van der Waals surface area contributed by atoms with Gasteiger partial charge >= 0.3 is 5.69 Å². The van der Waals surface area contributed by atoms with E-state index in [9.17, 15) is 9.59 Å². The summed E-state index contributed by atoms with van der Waals surface area (Å²) in [5, 5.41) is 10.0. The number of thiazole rings is 1. The SMILES string of the molecule is Cc1nc(CCCNC(=O)CCc2n[nH]c(=O)[nH]2)sc1C. The Kier molecular flexibility index (Phi) is 5.26. The predicted octanol–water partition coefficient (Wildman–Crippen LogP) is 0.853. The van der Waals surface area contributed by atoms with Gasteiger partial charge in [-0.2, -0.15) is 5.10 Å². The first-order chi connectivity index (χ1) is 10.0. The minimum atomic E-state index is -0.348. The van der Waals surface area contributed by atoms with Crippen LogP contribution in [0.5, 0.6) is 0 Å². The molecule has 0 saturated heterocycles. The molecule has 7 nitrogen and oxygen atoms in total. The average Bonchev–Trinajstić information content (AvgIpc) is 2.99. The van der Waals surface area contributed by atoms with Crippen LogP contribution >= 0.6 is 11.3 Å². The van der Waals surface area contributed by atoms with Gasteiger partial charge in [-0.1, -0.05) is 0 Å². The van der Waals surface area contributed by atoms with Crippen LogP contribution in [0.3, 0.4) is 0 Å². The maximum atomic E-state index is 11.6. The van der Waals surface area contributed by atoms with E-state index < -0.39 is 0 Å². The highest BCUT2D eigenvalue weighted by atomic mass is 32.1. The van der Waals surface area contributed by atoms with Crippen LogP contribution in [0.4, 0.5) is 0 Å². The van der Waals surface area contributed by atoms with Crippen LogP contribution in [0, 0.1) is 13.8 Å². The van der Waals surface area contributed by atoms with Gasteiger partial charge in [0.15, 0.2) is 0 Å². The highest BCUT2D eigenvalue weighted by molar-refractivity contribution is 7.11. The number of nitrogens with one attached hydrogen (secondary N) is 3. The largest absolute Gasteiger partial charge is 0.356 e. The molecule has 0 spiro atoms. The van der Waals surface area contributed by atoms with E-state index in [0.29, 0.717) is 25.2 Å². The molecule has 0 atom stereocenters. The molecule has 21 heavy (non-hydrogen) atoms. The quantitative estimate of drug-likeness (QED) is 0.660. The minimum Gasteiger partial charge on any atom is -0.356 e. The highest BCUT2D eigenvalue weighted by Crippen LogP contribution is 2.17. The number of hydrogen-bond donors (Lipinski definition) is 3. The second kappa shape index (κ2) is 7.16. The first-order valence-corrected chi connectivity index (χ1v) is 7.69. The predicted molar refractivity (Wildman–Crippen MR) is 80.4 cm³/mol. The monoisotopic (exact) mass is 309 g/mol. The van der Waals surface area contributed by atoms with Crippen LogP contribution in [0.1, 0.15) is 34.2 Å². The minimum absolute atomic E-state index is 0.0367. The first kappa shape index (κ1) is 15.4. The lowest BCUT2D eigenvalue weighted by molar-refractivity contribution is -0.121. The molecule has 2 aromatic rings. The maximum Gasteiger partial charge on any atom is 0.340 e. The summed E-state index contributed by atoms with van der Waals surface area (Å²) >= 11 is 1.71. The fourth-order valence-corrected chi connectivity index (χ4v) is 2.83. The van der Waals surface area contributed by atoms with Gasteiger partial charge in [-0.3, -0.25) is 9.78 Å². The van der Waals surface area contributed by atoms with Crippen molar-refractivity contribution in [3.63, 3.8) is 0 Å². The lowest BCUT2D eigenvalue weighted by Crippen LogP contribution is -2.25. The van der Waals surface area contributed by atoms with E-state index in [-0.39, 0.29) is 11.6 Å². The summed E-state index contributed by atoms with van der Waals surface area (Å²) in [5.74, 6) is 0.467. The molecule has 0 saturated carbocycles. The van der Waals surface area contributed by atoms with Crippen molar-refractivity contribution >= 4 is 17.2 Å². The molecule has 0 aromatic carbocycles. The topological polar surface area (TPSA) is 104 Å². The van der Waals surface area contributed by atoms with E-state index in [1.165, 1.54) is 4.88 Å². The van der Waals surface area contributed by atoms with Crippen LogP contribution < -0.4 is 11.0 Å². The third-order valence-corrected chi connectivity index (χ3v) is 4.23. The molecule has 1 amide bonds. The normalized spacial score (nSPS) is 10.8. The van der Waals surface area contributed by atoms with Crippen LogP contribution in [0.2, 0.25) is 0 Å². The van der Waals surface area contributed by atoms with Gasteiger partial charge in [-0.25, -0.2) is 14.9 Å². The molecule has 2 heterocycles. The summed E-state index contributed by atoms with van der Waals surface area (Å²) in [4.78, 5) is 30.7. The molecule has 3 N–H and O–H groups in total. The van der Waals surface area contributed by atoms with E-state index in [2.05, 4.69) is 32.4 Å². The third-order valence-electron chi connectivity index (χ3n) is 3.10. The summed E-state index contributed by atoms with van der Waals surface area (Å²) < 4.78 is 0. The smallest absolute Gasteiger partial charge is 0.340 e. The van der Waals surface area contributed by atoms with Crippen molar-refractivity contribution in [2.24, 2.45) is 0 Å². The Bertz CT molecular complexity index is 638. The Hall–Kier alpha value is -1.96. The summed E-state index contributed by atoms with van der Waals surface area (Å²) in [5.41, 5.74) is 0.742. The Morgan fingerprint density at radius 1 is 1.33 bits per heavy atom. The van der Waals surface area contributed by atoms with E-state index in [1.807, 2.05) is 6.92 Å². The van der Waals surface area contributed by atoms with E-state index in [0.717, 1.165) is 23.5 Å². The van der Waals surface area contributed by atoms with Crippen molar-refractivity contribution in [2.45, 2.75) is 39.5 Å². The number of carbonyl (C=O) groups excluding carboxylic acids is 1. The van der Waals surface area contributed by atoms with Crippen molar-refractivity contribution in [1.29, 1.82) is 0 Å². The molecule has 0 unspecified atom stereocenters. The molecule has 114 valence electrons. The van der Waals surface area contributed by atoms with Crippen molar-refractivity contribution in [2.75, 3.05) is 6.54 Å². The molecule has 0 fully saturated rings. The van der Waals surface area contributed by atoms with Crippen molar-refractivity contribution < 1.29 is 4.79 Å². The lowest BCUT2D eigenvalue weighted by Gasteiger charge is -2.03. The molecule has 0 bridgehead atoms. The van der Waals surface area contributed by atoms with Crippen LogP contribution in [-0.2, 0) is 17.6 Å². The number of rotatable bonds is 7. The first-order valence-electron chi connectivity index (χ1n) is 6.88. The van der Waals surface area contributed by atoms with Gasteiger partial charge in [-0.05, 0) is 20.3 Å². The van der Waals surface area contributed by atoms with Gasteiger partial charge in [0.2, 0.25) is 5.91 Å². The number of nitrogens with zero attached hydrogens (tertiary/aromatic N) is 2. The fourth-order valence-electron chi connectivity index (χ4n) is 1.86. The van der Waals surface area contributed by atoms with Gasteiger partial charge < -0.3 is 5.32 Å². The molecular formula is C13H19N5O2S. The standard InChI is InChI=1S/C13H19N5O2S/c1-8-9(2)21-12(15-8)4-3-7-14-11(19)6-5-10-16-13(20)18-17-10/h3-7H2,1-2H3,(H,14,19)(H2,16,17,18,20). The molecule has 0 aliphatic heterocycles. The van der Waals surface area contributed by atoms with E-state index in [1.54, 1.807) is 11.3 Å². The molecule has 2 aromatic heterocycles. The Labute approximate surface area is 126 Å². The van der Waals surface area contributed by atoms with Crippen LogP contribution in [0.15, 0.2) is 4.79 Å². The summed E-state index contributed by atoms with van der Waals surface area (Å²) in [7, 11) is 0. The van der Waals surface area contributed by atoms with Crippen molar-refractivity contribution in [1.82, 2.24) is 25.5 Å². The van der Waals surface area contributed by atoms with Gasteiger partial charge in [0.1, 0.15) is 5.82 Å². The molecule has 0 aliphatic carbocycles. The summed E-state index contributed by atoms with van der Waals surface area (Å²) in [6, 6.07) is 0. The number of H-pyrrole nitrogens is 2. The van der Waals surface area contributed by atoms with E-state index in [4.69, 9.17) is 0 Å². The number of hydrogen-bond acceptors (Lipinski definition) is 5.